The summed E-state index contributed by atoms with van der Waals surface area (Å²) in [5.41, 5.74) is -0.0436. The number of ether oxygens (including phenoxy) is 1. The summed E-state index contributed by atoms with van der Waals surface area (Å²) in [4.78, 5) is 35.3. The summed E-state index contributed by atoms with van der Waals surface area (Å²) in [5, 5.41) is 16.1. The third kappa shape index (κ3) is 5.47. The van der Waals surface area contributed by atoms with E-state index in [9.17, 15) is 19.5 Å². The summed E-state index contributed by atoms with van der Waals surface area (Å²) >= 11 is 0. The van der Waals surface area contributed by atoms with Gasteiger partial charge in [0.2, 0.25) is 0 Å². The first-order valence-electron chi connectivity index (χ1n) is 8.33. The maximum atomic E-state index is 12.1. The monoisotopic (exact) mass is 358 g/mol. The van der Waals surface area contributed by atoms with Gasteiger partial charge in [0.05, 0.1) is 0 Å². The van der Waals surface area contributed by atoms with Crippen LogP contribution >= 0.6 is 0 Å². The Morgan fingerprint density at radius 3 is 2.42 bits per heavy atom. The molecule has 26 heavy (non-hydrogen) atoms. The summed E-state index contributed by atoms with van der Waals surface area (Å²) in [6.07, 6.45) is 0.790. The lowest BCUT2D eigenvalue weighted by Crippen LogP contribution is -2.41. The molecule has 0 saturated heterocycles. The first kappa shape index (κ1) is 19.2. The van der Waals surface area contributed by atoms with Crippen molar-refractivity contribution in [1.82, 2.24) is 10.6 Å². The minimum absolute atomic E-state index is 0.0436. The van der Waals surface area contributed by atoms with E-state index in [1.165, 1.54) is 12.1 Å². The molecule has 0 unspecified atom stereocenters. The molecule has 0 saturated carbocycles. The normalized spacial score (nSPS) is 10.6. The molecule has 0 atom stereocenters. The van der Waals surface area contributed by atoms with E-state index in [-0.39, 0.29) is 11.3 Å². The molecule has 138 valence electrons. The van der Waals surface area contributed by atoms with Gasteiger partial charge in [0.25, 0.3) is 5.91 Å². The van der Waals surface area contributed by atoms with Crippen molar-refractivity contribution in [1.29, 1.82) is 0 Å². The molecule has 0 bridgehead atoms. The SMILES string of the molecule is CC(C)CCNC(=O)NC(=O)COC(=O)c1cc2ccccc2cc1O. The number of phenols is 1. The van der Waals surface area contributed by atoms with Crippen LogP contribution in [0.1, 0.15) is 30.6 Å². The fourth-order valence-electron chi connectivity index (χ4n) is 2.28. The molecule has 2 rings (SSSR count). The molecule has 3 N–H and O–H groups in total. The predicted molar refractivity (Wildman–Crippen MR) is 96.9 cm³/mol. The number of phenolic OH excluding ortho intramolecular Hbond substituents is 1. The number of nitrogens with one attached hydrogen (secondary N) is 2. The number of hydrogen-bond acceptors (Lipinski definition) is 5. The Morgan fingerprint density at radius 2 is 1.77 bits per heavy atom. The summed E-state index contributed by atoms with van der Waals surface area (Å²) in [5.74, 6) is -1.40. The lowest BCUT2D eigenvalue weighted by molar-refractivity contribution is -0.123. The Morgan fingerprint density at radius 1 is 1.12 bits per heavy atom. The minimum atomic E-state index is -0.844. The van der Waals surface area contributed by atoms with Crippen LogP contribution in [0.15, 0.2) is 36.4 Å². The Hall–Kier alpha value is -3.09. The second kappa shape index (κ2) is 8.84. The van der Waals surface area contributed by atoms with Crippen LogP contribution in [0.5, 0.6) is 5.75 Å². The fourth-order valence-corrected chi connectivity index (χ4v) is 2.28. The predicted octanol–water partition coefficient (Wildman–Crippen LogP) is 2.57. The summed E-state index contributed by atoms with van der Waals surface area (Å²) in [7, 11) is 0. The van der Waals surface area contributed by atoms with Crippen LogP contribution in [0.3, 0.4) is 0 Å². The van der Waals surface area contributed by atoms with E-state index in [1.54, 1.807) is 18.2 Å². The number of aromatic hydroxyl groups is 1. The number of carbonyl (C=O) groups excluding carboxylic acids is 3. The van der Waals surface area contributed by atoms with Gasteiger partial charge in [0.15, 0.2) is 6.61 Å². The van der Waals surface area contributed by atoms with Crippen molar-refractivity contribution in [3.8, 4) is 5.75 Å². The standard InChI is InChI=1S/C19H22N2O5/c1-12(2)7-8-20-19(25)21-17(23)11-26-18(24)15-9-13-5-3-4-6-14(13)10-16(15)22/h3-6,9-10,12,22H,7-8,11H2,1-2H3,(H2,20,21,23,25). The molecule has 2 aromatic rings. The van der Waals surface area contributed by atoms with E-state index in [1.807, 2.05) is 19.9 Å². The molecule has 7 nitrogen and oxygen atoms in total. The molecule has 3 amide bonds. The van der Waals surface area contributed by atoms with Crippen molar-refractivity contribution in [2.75, 3.05) is 13.2 Å². The minimum Gasteiger partial charge on any atom is -0.507 e. The molecule has 7 heteroatoms. The lowest BCUT2D eigenvalue weighted by Gasteiger charge is -2.09. The number of imide groups is 1. The maximum absolute atomic E-state index is 12.1. The zero-order valence-corrected chi connectivity index (χ0v) is 14.7. The first-order valence-corrected chi connectivity index (χ1v) is 8.33. The third-order valence-corrected chi connectivity index (χ3v) is 3.68. The van der Waals surface area contributed by atoms with Crippen molar-refractivity contribution in [3.05, 3.63) is 42.0 Å². The van der Waals surface area contributed by atoms with Gasteiger partial charge in [-0.3, -0.25) is 10.1 Å². The highest BCUT2D eigenvalue weighted by atomic mass is 16.5. The Bertz CT molecular complexity index is 817. The highest BCUT2D eigenvalue weighted by Crippen LogP contribution is 2.25. The van der Waals surface area contributed by atoms with Crippen LogP contribution < -0.4 is 10.6 Å². The van der Waals surface area contributed by atoms with E-state index in [0.717, 1.165) is 17.2 Å². The Balaban J connectivity index is 1.87. The lowest BCUT2D eigenvalue weighted by atomic mass is 10.1. The number of hydrogen-bond donors (Lipinski definition) is 3. The Kier molecular flexibility index (Phi) is 6.54. The molecule has 0 aromatic heterocycles. The number of rotatable bonds is 6. The molecule has 0 aliphatic carbocycles. The fraction of sp³-hybridized carbons (Fsp3) is 0.316. The average Bonchev–Trinajstić information content (AvgIpc) is 2.58. The number of benzene rings is 2. The van der Waals surface area contributed by atoms with E-state index in [4.69, 9.17) is 4.74 Å². The van der Waals surface area contributed by atoms with E-state index < -0.39 is 24.5 Å². The number of esters is 1. The highest BCUT2D eigenvalue weighted by Gasteiger charge is 2.16. The van der Waals surface area contributed by atoms with Crippen LogP contribution in [0.4, 0.5) is 4.79 Å². The van der Waals surface area contributed by atoms with Gasteiger partial charge in [0, 0.05) is 6.54 Å². The highest BCUT2D eigenvalue weighted by molar-refractivity contribution is 6.00. The van der Waals surface area contributed by atoms with Crippen molar-refractivity contribution in [2.45, 2.75) is 20.3 Å². The van der Waals surface area contributed by atoms with Crippen molar-refractivity contribution < 1.29 is 24.2 Å². The molecule has 0 aliphatic heterocycles. The average molecular weight is 358 g/mol. The molecular weight excluding hydrogens is 336 g/mol. The van der Waals surface area contributed by atoms with Crippen molar-refractivity contribution in [3.63, 3.8) is 0 Å². The van der Waals surface area contributed by atoms with Gasteiger partial charge in [-0.2, -0.15) is 0 Å². The number of fused-ring (bicyclic) bond motifs is 1. The first-order chi connectivity index (χ1) is 12.4. The maximum Gasteiger partial charge on any atom is 0.342 e. The molecular formula is C19H22N2O5. The second-order valence-corrected chi connectivity index (χ2v) is 6.28. The van der Waals surface area contributed by atoms with Crippen LogP contribution in [0.25, 0.3) is 10.8 Å². The van der Waals surface area contributed by atoms with Gasteiger partial charge in [-0.15, -0.1) is 0 Å². The Labute approximate surface area is 151 Å². The summed E-state index contributed by atoms with van der Waals surface area (Å²) in [6, 6.07) is 9.52. The molecule has 0 heterocycles. The van der Waals surface area contributed by atoms with Crippen molar-refractivity contribution in [2.24, 2.45) is 5.92 Å². The second-order valence-electron chi connectivity index (χ2n) is 6.28. The largest absolute Gasteiger partial charge is 0.507 e. The van der Waals surface area contributed by atoms with Gasteiger partial charge in [-0.1, -0.05) is 38.1 Å². The smallest absolute Gasteiger partial charge is 0.342 e. The zero-order chi connectivity index (χ0) is 19.1. The third-order valence-electron chi connectivity index (χ3n) is 3.68. The van der Waals surface area contributed by atoms with Crippen LogP contribution in [-0.4, -0.2) is 36.2 Å². The van der Waals surface area contributed by atoms with E-state index in [0.29, 0.717) is 12.5 Å². The van der Waals surface area contributed by atoms with Crippen LogP contribution in [0, 0.1) is 5.92 Å². The van der Waals surface area contributed by atoms with Crippen molar-refractivity contribution >= 4 is 28.7 Å². The van der Waals surface area contributed by atoms with Gasteiger partial charge in [-0.25, -0.2) is 9.59 Å². The zero-order valence-electron chi connectivity index (χ0n) is 14.7. The van der Waals surface area contributed by atoms with Gasteiger partial charge in [0.1, 0.15) is 11.3 Å². The number of amides is 3. The quantitative estimate of drug-likeness (QED) is 0.689. The summed E-state index contributed by atoms with van der Waals surface area (Å²) in [6.45, 7) is 3.86. The van der Waals surface area contributed by atoms with Gasteiger partial charge in [-0.05, 0) is 35.2 Å². The van der Waals surface area contributed by atoms with Gasteiger partial charge < -0.3 is 15.2 Å². The van der Waals surface area contributed by atoms with Gasteiger partial charge >= 0.3 is 12.0 Å². The summed E-state index contributed by atoms with van der Waals surface area (Å²) < 4.78 is 4.87. The topological polar surface area (TPSA) is 105 Å². The molecule has 0 radical (unpaired) electrons. The molecule has 0 fully saturated rings. The van der Waals surface area contributed by atoms with E-state index >= 15 is 0 Å². The molecule has 2 aromatic carbocycles. The molecule has 0 spiro atoms. The molecule has 0 aliphatic rings. The number of urea groups is 1. The van der Waals surface area contributed by atoms with Crippen LogP contribution in [0.2, 0.25) is 0 Å². The van der Waals surface area contributed by atoms with Crippen LogP contribution in [-0.2, 0) is 9.53 Å². The number of carbonyl (C=O) groups is 3. The van der Waals surface area contributed by atoms with E-state index in [2.05, 4.69) is 10.6 Å².